The van der Waals surface area contributed by atoms with Crippen LogP contribution in [-0.4, -0.2) is 42.9 Å². The van der Waals surface area contributed by atoms with Gasteiger partial charge in [-0.1, -0.05) is 59.8 Å². The van der Waals surface area contributed by atoms with Gasteiger partial charge in [0.25, 0.3) is 0 Å². The Hall–Kier alpha value is -3.39. The van der Waals surface area contributed by atoms with E-state index >= 15 is 0 Å². The summed E-state index contributed by atoms with van der Waals surface area (Å²) < 4.78 is 2.11. The average molecular weight is 472 g/mol. The molecule has 2 aliphatic rings. The molecule has 0 amide bonds. The number of hydrogen-bond acceptors (Lipinski definition) is 7. The highest BCUT2D eigenvalue weighted by molar-refractivity contribution is 7.99. The minimum atomic E-state index is -0.0693. The second kappa shape index (κ2) is 9.46. The third kappa shape index (κ3) is 4.77. The van der Waals surface area contributed by atoms with Gasteiger partial charge in [-0.25, -0.2) is 4.98 Å². The highest BCUT2D eigenvalue weighted by Crippen LogP contribution is 2.29. The summed E-state index contributed by atoms with van der Waals surface area (Å²) in [5.41, 5.74) is 3.32. The molecule has 1 aliphatic carbocycles. The number of aliphatic imine (C=N–C) groups is 1. The van der Waals surface area contributed by atoms with Crippen molar-refractivity contribution in [1.29, 1.82) is 0 Å². The van der Waals surface area contributed by atoms with Gasteiger partial charge in [-0.2, -0.15) is 0 Å². The predicted octanol–water partition coefficient (Wildman–Crippen LogP) is 4.63. The highest BCUT2D eigenvalue weighted by Gasteiger charge is 2.38. The molecule has 3 heterocycles. The lowest BCUT2D eigenvalue weighted by Gasteiger charge is -2.27. The van der Waals surface area contributed by atoms with Crippen molar-refractivity contribution in [2.45, 2.75) is 50.5 Å². The third-order valence-corrected chi connectivity index (χ3v) is 7.07. The van der Waals surface area contributed by atoms with Crippen LogP contribution >= 0.6 is 11.8 Å². The first-order chi connectivity index (χ1) is 16.5. The Bertz CT molecular complexity index is 1240. The molecule has 8 heteroatoms. The van der Waals surface area contributed by atoms with Crippen molar-refractivity contribution in [1.82, 2.24) is 25.1 Å². The molecule has 1 aliphatic heterocycles. The van der Waals surface area contributed by atoms with Crippen LogP contribution < -0.4 is 10.6 Å². The predicted molar refractivity (Wildman–Crippen MR) is 139 cm³/mol. The molecule has 0 fully saturated rings. The number of aromatic nitrogens is 4. The molecule has 0 saturated carbocycles. The fourth-order valence-corrected chi connectivity index (χ4v) is 4.99. The lowest BCUT2D eigenvalue weighted by Crippen LogP contribution is -2.46. The van der Waals surface area contributed by atoms with E-state index in [1.807, 2.05) is 25.3 Å². The molecule has 0 spiro atoms. The summed E-state index contributed by atoms with van der Waals surface area (Å²) in [4.78, 5) is 9.38. The van der Waals surface area contributed by atoms with Gasteiger partial charge in [0.1, 0.15) is 11.7 Å². The summed E-state index contributed by atoms with van der Waals surface area (Å²) in [6.45, 7) is 6.87. The minimum absolute atomic E-state index is 0.0693. The van der Waals surface area contributed by atoms with Crippen molar-refractivity contribution in [2.75, 3.05) is 11.1 Å². The molecule has 34 heavy (non-hydrogen) atoms. The number of thioether (sulfide) groups is 1. The number of aryl methyl sites for hydroxylation is 2. The van der Waals surface area contributed by atoms with Crippen LogP contribution in [-0.2, 0) is 6.54 Å². The number of nitrogens with one attached hydrogen (secondary N) is 2. The number of pyridine rings is 1. The van der Waals surface area contributed by atoms with Gasteiger partial charge >= 0.3 is 0 Å². The normalized spacial score (nSPS) is 21.0. The number of hydrogen-bond donors (Lipinski definition) is 2. The summed E-state index contributed by atoms with van der Waals surface area (Å²) in [5.74, 6) is 3.36. The van der Waals surface area contributed by atoms with Crippen molar-refractivity contribution >= 4 is 23.4 Å². The Morgan fingerprint density at radius 1 is 1.09 bits per heavy atom. The van der Waals surface area contributed by atoms with E-state index in [0.29, 0.717) is 12.3 Å². The summed E-state index contributed by atoms with van der Waals surface area (Å²) >= 11 is 1.65. The molecule has 2 aromatic heterocycles. The molecule has 0 saturated heterocycles. The lowest BCUT2D eigenvalue weighted by atomic mass is 9.91. The first-order valence-electron chi connectivity index (χ1n) is 11.5. The van der Waals surface area contributed by atoms with E-state index in [2.05, 4.69) is 92.8 Å². The van der Waals surface area contributed by atoms with E-state index in [4.69, 9.17) is 4.99 Å². The summed E-state index contributed by atoms with van der Waals surface area (Å²) in [7, 11) is 0. The van der Waals surface area contributed by atoms with Crippen molar-refractivity contribution in [2.24, 2.45) is 4.99 Å². The van der Waals surface area contributed by atoms with E-state index in [9.17, 15) is 0 Å². The lowest BCUT2D eigenvalue weighted by molar-refractivity contribution is 0.412. The Balaban J connectivity index is 1.36. The monoisotopic (exact) mass is 471 g/mol. The molecule has 2 atom stereocenters. The SMILES string of the molecule is Cc1ccc(-n2c(CNc3ccc(C)cn3)nnc2SCC2=NC3C=CC=CCC3(C)N2)cc1. The second-order valence-corrected chi connectivity index (χ2v) is 9.96. The number of nitrogens with zero attached hydrogens (tertiary/aromatic N) is 5. The van der Waals surface area contributed by atoms with Gasteiger partial charge in [0.15, 0.2) is 11.0 Å². The number of anilines is 1. The van der Waals surface area contributed by atoms with Crippen LogP contribution in [0.4, 0.5) is 5.82 Å². The molecular weight excluding hydrogens is 442 g/mol. The van der Waals surface area contributed by atoms with Crippen molar-refractivity contribution in [3.05, 3.63) is 83.9 Å². The Morgan fingerprint density at radius 3 is 2.71 bits per heavy atom. The maximum atomic E-state index is 4.94. The molecule has 0 radical (unpaired) electrons. The molecular formula is C26H29N7S. The summed E-state index contributed by atoms with van der Waals surface area (Å²) in [5, 5.41) is 16.9. The molecule has 1 aromatic carbocycles. The number of allylic oxidation sites excluding steroid dienone is 2. The quantitative estimate of drug-likeness (QED) is 0.489. The van der Waals surface area contributed by atoms with E-state index in [-0.39, 0.29) is 11.6 Å². The molecule has 0 bridgehead atoms. The van der Waals surface area contributed by atoms with Crippen LogP contribution in [0.2, 0.25) is 0 Å². The summed E-state index contributed by atoms with van der Waals surface area (Å²) in [6.07, 6.45) is 11.4. The Morgan fingerprint density at radius 2 is 1.91 bits per heavy atom. The van der Waals surface area contributed by atoms with Crippen molar-refractivity contribution < 1.29 is 0 Å². The Kier molecular flexibility index (Phi) is 6.24. The zero-order valence-corrected chi connectivity index (χ0v) is 20.5. The number of benzene rings is 1. The second-order valence-electron chi connectivity index (χ2n) is 9.01. The van der Waals surface area contributed by atoms with Gasteiger partial charge in [-0.05, 0) is 51.0 Å². The highest BCUT2D eigenvalue weighted by atomic mass is 32.2. The minimum Gasteiger partial charge on any atom is -0.365 e. The average Bonchev–Trinajstić information content (AvgIpc) is 3.32. The first-order valence-corrected chi connectivity index (χ1v) is 12.5. The van der Waals surface area contributed by atoms with Gasteiger partial charge in [-0.15, -0.1) is 10.2 Å². The fraction of sp³-hybridized carbons (Fsp3) is 0.308. The van der Waals surface area contributed by atoms with Gasteiger partial charge < -0.3 is 10.6 Å². The van der Waals surface area contributed by atoms with Crippen molar-refractivity contribution in [3.63, 3.8) is 0 Å². The van der Waals surface area contributed by atoms with Crippen LogP contribution in [0.15, 0.2) is 77.0 Å². The standard InChI is InChI=1S/C26H29N7S/c1-18-8-11-20(12-9-18)33-24(16-28-22-13-10-19(2)15-27-22)31-32-25(33)34-17-23-29-21-7-5-4-6-14-26(21,3)30-23/h4-13,15,21H,14,16-17H2,1-3H3,(H,27,28)(H,29,30). The van der Waals surface area contributed by atoms with Crippen LogP contribution in [0, 0.1) is 13.8 Å². The largest absolute Gasteiger partial charge is 0.365 e. The van der Waals surface area contributed by atoms with Gasteiger partial charge in [0.05, 0.1) is 23.9 Å². The molecule has 5 rings (SSSR count). The molecule has 7 nitrogen and oxygen atoms in total. The van der Waals surface area contributed by atoms with Gasteiger partial charge in [0, 0.05) is 11.9 Å². The summed E-state index contributed by atoms with van der Waals surface area (Å²) in [6, 6.07) is 12.6. The molecule has 174 valence electrons. The maximum absolute atomic E-state index is 4.94. The van der Waals surface area contributed by atoms with Crippen molar-refractivity contribution in [3.8, 4) is 5.69 Å². The number of fused-ring (bicyclic) bond motifs is 1. The van der Waals surface area contributed by atoms with E-state index in [0.717, 1.165) is 40.3 Å². The van der Waals surface area contributed by atoms with Crippen LogP contribution in [0.5, 0.6) is 0 Å². The molecule has 2 N–H and O–H groups in total. The van der Waals surface area contributed by atoms with E-state index in [1.54, 1.807) is 11.8 Å². The number of amidine groups is 1. The third-order valence-electron chi connectivity index (χ3n) is 6.13. The van der Waals surface area contributed by atoms with E-state index < -0.39 is 0 Å². The maximum Gasteiger partial charge on any atom is 0.196 e. The molecule has 3 aromatic rings. The topological polar surface area (TPSA) is 80.0 Å². The van der Waals surface area contributed by atoms with Crippen LogP contribution in [0.3, 0.4) is 0 Å². The molecule has 2 unspecified atom stereocenters. The van der Waals surface area contributed by atoms with Gasteiger partial charge in [0.2, 0.25) is 0 Å². The smallest absolute Gasteiger partial charge is 0.196 e. The Labute approximate surface area is 204 Å². The first kappa shape index (κ1) is 22.4. The zero-order chi connectivity index (χ0) is 23.5. The van der Waals surface area contributed by atoms with E-state index in [1.165, 1.54) is 5.56 Å². The zero-order valence-electron chi connectivity index (χ0n) is 19.7. The van der Waals surface area contributed by atoms with Gasteiger partial charge in [-0.3, -0.25) is 9.56 Å². The van der Waals surface area contributed by atoms with Crippen LogP contribution in [0.1, 0.15) is 30.3 Å². The van der Waals surface area contributed by atoms with Crippen LogP contribution in [0.25, 0.3) is 5.69 Å². The number of rotatable bonds is 7. The fourth-order valence-electron chi connectivity index (χ4n) is 4.14.